The lowest BCUT2D eigenvalue weighted by Crippen LogP contribution is -2.54. The minimum atomic E-state index is 0.489. The highest BCUT2D eigenvalue weighted by Gasteiger charge is 2.36. The molecule has 0 bridgehead atoms. The predicted molar refractivity (Wildman–Crippen MR) is 73.5 cm³/mol. The van der Waals surface area contributed by atoms with Gasteiger partial charge in [-0.05, 0) is 18.6 Å². The van der Waals surface area contributed by atoms with E-state index in [2.05, 4.69) is 36.5 Å². The molecule has 0 radical (unpaired) electrons. The largest absolute Gasteiger partial charge is 0.316 e. The van der Waals surface area contributed by atoms with Crippen LogP contribution >= 0.6 is 11.3 Å². The third-order valence-electron chi connectivity index (χ3n) is 3.64. The van der Waals surface area contributed by atoms with Crippen LogP contribution in [0.25, 0.3) is 10.2 Å². The van der Waals surface area contributed by atoms with E-state index < -0.39 is 0 Å². The second kappa shape index (κ2) is 4.39. The van der Waals surface area contributed by atoms with Crippen LogP contribution in [0.4, 0.5) is 0 Å². The fourth-order valence-electron chi connectivity index (χ4n) is 2.72. The zero-order chi connectivity index (χ0) is 11.7. The molecular weight excluding hydrogens is 228 g/mol. The summed E-state index contributed by atoms with van der Waals surface area (Å²) in [7, 11) is 0. The maximum Gasteiger partial charge on any atom is 0.0945 e. The van der Waals surface area contributed by atoms with Gasteiger partial charge in [0.2, 0.25) is 0 Å². The van der Waals surface area contributed by atoms with Crippen LogP contribution in [-0.2, 0) is 6.42 Å². The molecule has 2 heterocycles. The molecule has 1 aliphatic rings. The molecule has 3 heteroatoms. The van der Waals surface area contributed by atoms with E-state index in [1.54, 1.807) is 0 Å². The van der Waals surface area contributed by atoms with Crippen LogP contribution in [0.15, 0.2) is 24.3 Å². The van der Waals surface area contributed by atoms with Crippen molar-refractivity contribution in [1.29, 1.82) is 0 Å². The number of thiazole rings is 1. The number of para-hydroxylation sites is 1. The highest BCUT2D eigenvalue weighted by atomic mass is 32.1. The van der Waals surface area contributed by atoms with E-state index in [1.165, 1.54) is 22.5 Å². The predicted octanol–water partition coefficient (Wildman–Crippen LogP) is 3.23. The standard InChI is InChI=1S/C14H18N2S/c1-2-7-14(9-15-10-14)8-13-16-11-5-3-4-6-12(11)17-13/h3-6,15H,2,7-10H2,1H3. The molecule has 17 heavy (non-hydrogen) atoms. The molecule has 1 N–H and O–H groups in total. The van der Waals surface area contributed by atoms with Crippen molar-refractivity contribution in [2.75, 3.05) is 13.1 Å². The van der Waals surface area contributed by atoms with Crippen molar-refractivity contribution in [1.82, 2.24) is 10.3 Å². The van der Waals surface area contributed by atoms with Gasteiger partial charge in [0.25, 0.3) is 0 Å². The molecule has 0 spiro atoms. The zero-order valence-corrected chi connectivity index (χ0v) is 11.0. The molecule has 1 fully saturated rings. The molecular formula is C14H18N2S. The van der Waals surface area contributed by atoms with E-state index >= 15 is 0 Å². The Morgan fingerprint density at radius 3 is 2.82 bits per heavy atom. The topological polar surface area (TPSA) is 24.9 Å². The summed E-state index contributed by atoms with van der Waals surface area (Å²) < 4.78 is 1.32. The normalized spacial score (nSPS) is 18.2. The van der Waals surface area contributed by atoms with Crippen molar-refractivity contribution in [2.45, 2.75) is 26.2 Å². The Balaban J connectivity index is 1.84. The highest BCUT2D eigenvalue weighted by molar-refractivity contribution is 7.18. The first kappa shape index (κ1) is 11.2. The van der Waals surface area contributed by atoms with Gasteiger partial charge >= 0.3 is 0 Å². The Hall–Kier alpha value is -0.930. The summed E-state index contributed by atoms with van der Waals surface area (Å²) in [6.45, 7) is 4.60. The lowest BCUT2D eigenvalue weighted by Gasteiger charge is -2.42. The number of rotatable bonds is 4. The Labute approximate surface area is 106 Å². The average Bonchev–Trinajstić information content (AvgIpc) is 2.68. The number of fused-ring (bicyclic) bond motifs is 1. The van der Waals surface area contributed by atoms with E-state index in [1.807, 2.05) is 11.3 Å². The number of nitrogens with one attached hydrogen (secondary N) is 1. The summed E-state index contributed by atoms with van der Waals surface area (Å²) in [6.07, 6.45) is 3.73. The van der Waals surface area contributed by atoms with Gasteiger partial charge in [0.05, 0.1) is 15.2 Å². The lowest BCUT2D eigenvalue weighted by atomic mass is 9.75. The second-order valence-electron chi connectivity index (χ2n) is 5.11. The van der Waals surface area contributed by atoms with Gasteiger partial charge in [0.15, 0.2) is 0 Å². The van der Waals surface area contributed by atoms with E-state index in [-0.39, 0.29) is 0 Å². The molecule has 0 saturated carbocycles. The van der Waals surface area contributed by atoms with Gasteiger partial charge in [-0.15, -0.1) is 11.3 Å². The zero-order valence-electron chi connectivity index (χ0n) is 10.2. The van der Waals surface area contributed by atoms with Crippen LogP contribution in [0.2, 0.25) is 0 Å². The Kier molecular flexibility index (Phi) is 2.89. The molecule has 1 aromatic heterocycles. The fourth-order valence-corrected chi connectivity index (χ4v) is 3.86. The van der Waals surface area contributed by atoms with Gasteiger partial charge in [0, 0.05) is 24.9 Å². The van der Waals surface area contributed by atoms with Gasteiger partial charge in [0.1, 0.15) is 0 Å². The average molecular weight is 246 g/mol. The van der Waals surface area contributed by atoms with Crippen LogP contribution in [0.5, 0.6) is 0 Å². The molecule has 3 rings (SSSR count). The number of benzene rings is 1. The van der Waals surface area contributed by atoms with E-state index in [0.29, 0.717) is 5.41 Å². The third kappa shape index (κ3) is 2.09. The van der Waals surface area contributed by atoms with Gasteiger partial charge < -0.3 is 5.32 Å². The van der Waals surface area contributed by atoms with E-state index in [9.17, 15) is 0 Å². The van der Waals surface area contributed by atoms with Crippen molar-refractivity contribution < 1.29 is 0 Å². The molecule has 0 atom stereocenters. The van der Waals surface area contributed by atoms with Crippen molar-refractivity contribution in [3.8, 4) is 0 Å². The monoisotopic (exact) mass is 246 g/mol. The first-order chi connectivity index (χ1) is 8.31. The van der Waals surface area contributed by atoms with E-state index in [4.69, 9.17) is 4.98 Å². The van der Waals surface area contributed by atoms with Crippen molar-refractivity contribution in [3.63, 3.8) is 0 Å². The van der Waals surface area contributed by atoms with Crippen LogP contribution in [0.1, 0.15) is 24.8 Å². The summed E-state index contributed by atoms with van der Waals surface area (Å²) in [5.74, 6) is 0. The third-order valence-corrected chi connectivity index (χ3v) is 4.68. The SMILES string of the molecule is CCCC1(Cc2nc3ccccc3s2)CNC1. The molecule has 0 amide bonds. The summed E-state index contributed by atoms with van der Waals surface area (Å²) in [4.78, 5) is 4.75. The Bertz CT molecular complexity index is 481. The number of hydrogen-bond donors (Lipinski definition) is 1. The molecule has 0 unspecified atom stereocenters. The molecule has 1 saturated heterocycles. The van der Waals surface area contributed by atoms with E-state index in [0.717, 1.165) is 25.0 Å². The van der Waals surface area contributed by atoms with Crippen molar-refractivity contribution in [3.05, 3.63) is 29.3 Å². The maximum absolute atomic E-state index is 4.75. The van der Waals surface area contributed by atoms with Gasteiger partial charge in [-0.1, -0.05) is 25.5 Å². The Morgan fingerprint density at radius 2 is 2.18 bits per heavy atom. The maximum atomic E-state index is 4.75. The van der Waals surface area contributed by atoms with Crippen molar-refractivity contribution in [2.24, 2.45) is 5.41 Å². The summed E-state index contributed by atoms with van der Waals surface area (Å²) in [5.41, 5.74) is 1.65. The molecule has 90 valence electrons. The highest BCUT2D eigenvalue weighted by Crippen LogP contribution is 2.35. The van der Waals surface area contributed by atoms with Gasteiger partial charge in [-0.25, -0.2) is 4.98 Å². The number of hydrogen-bond acceptors (Lipinski definition) is 3. The number of nitrogens with zero attached hydrogens (tertiary/aromatic N) is 1. The van der Waals surface area contributed by atoms with Gasteiger partial charge in [-0.3, -0.25) is 0 Å². The number of aromatic nitrogens is 1. The van der Waals surface area contributed by atoms with Crippen LogP contribution in [0, 0.1) is 5.41 Å². The molecule has 1 aliphatic heterocycles. The van der Waals surface area contributed by atoms with Crippen LogP contribution < -0.4 is 5.32 Å². The second-order valence-corrected chi connectivity index (χ2v) is 6.22. The van der Waals surface area contributed by atoms with Gasteiger partial charge in [-0.2, -0.15) is 0 Å². The Morgan fingerprint density at radius 1 is 1.35 bits per heavy atom. The van der Waals surface area contributed by atoms with Crippen molar-refractivity contribution >= 4 is 21.6 Å². The first-order valence-electron chi connectivity index (χ1n) is 6.36. The lowest BCUT2D eigenvalue weighted by molar-refractivity contribution is 0.150. The molecule has 2 aromatic rings. The van der Waals surface area contributed by atoms with Crippen LogP contribution in [-0.4, -0.2) is 18.1 Å². The minimum absolute atomic E-state index is 0.489. The molecule has 2 nitrogen and oxygen atoms in total. The summed E-state index contributed by atoms with van der Waals surface area (Å²) >= 11 is 1.86. The molecule has 0 aliphatic carbocycles. The van der Waals surface area contributed by atoms with Crippen LogP contribution in [0.3, 0.4) is 0 Å². The molecule has 1 aromatic carbocycles. The smallest absolute Gasteiger partial charge is 0.0945 e. The fraction of sp³-hybridized carbons (Fsp3) is 0.500. The minimum Gasteiger partial charge on any atom is -0.316 e. The summed E-state index contributed by atoms with van der Waals surface area (Å²) in [6, 6.07) is 8.44. The first-order valence-corrected chi connectivity index (χ1v) is 7.18. The quantitative estimate of drug-likeness (QED) is 0.896. The summed E-state index contributed by atoms with van der Waals surface area (Å²) in [5, 5.41) is 4.72.